The van der Waals surface area contributed by atoms with Crippen LogP contribution in [-0.4, -0.2) is 62.1 Å². The van der Waals surface area contributed by atoms with Gasteiger partial charge in [0.1, 0.15) is 23.9 Å². The minimum atomic E-state index is -5.19. The van der Waals surface area contributed by atoms with Gasteiger partial charge in [-0.3, -0.25) is 4.90 Å². The fraction of sp³-hybridized carbons (Fsp3) is 0.462. The molecule has 6 nitrogen and oxygen atoms in total. The molecule has 2 aromatic carbocycles. The second kappa shape index (κ2) is 10.9. The number of carbonyl (C=O) groups excluding carboxylic acids is 2. The molecule has 0 spiro atoms. The summed E-state index contributed by atoms with van der Waals surface area (Å²) in [5.41, 5.74) is 1.51. The molecule has 0 aromatic heterocycles. The molecule has 2 heterocycles. The molecule has 1 amide bonds. The lowest BCUT2D eigenvalue weighted by molar-refractivity contribution is -0.956. The summed E-state index contributed by atoms with van der Waals surface area (Å²) in [7, 11) is 6.07. The number of piperidine rings is 1. The van der Waals surface area contributed by atoms with Crippen molar-refractivity contribution in [2.24, 2.45) is 0 Å². The van der Waals surface area contributed by atoms with Gasteiger partial charge in [0.15, 0.2) is 0 Å². The van der Waals surface area contributed by atoms with Crippen LogP contribution in [0.4, 0.5) is 28.0 Å². The van der Waals surface area contributed by atoms with Gasteiger partial charge < -0.3 is 19.1 Å². The number of hydrogen-bond acceptors (Lipinski definition) is 4. The van der Waals surface area contributed by atoms with Crippen LogP contribution in [0.3, 0.4) is 0 Å². The average molecular weight is 545 g/mol. The van der Waals surface area contributed by atoms with E-state index in [0.29, 0.717) is 23.2 Å². The van der Waals surface area contributed by atoms with Crippen molar-refractivity contribution >= 4 is 29.4 Å². The summed E-state index contributed by atoms with van der Waals surface area (Å²) in [5.74, 6) is -3.48. The number of alkyl halides is 3. The van der Waals surface area contributed by atoms with Crippen molar-refractivity contribution in [3.63, 3.8) is 0 Å². The van der Waals surface area contributed by atoms with Crippen LogP contribution in [0.15, 0.2) is 42.5 Å². The highest BCUT2D eigenvalue weighted by Crippen LogP contribution is 2.48. The lowest BCUT2D eigenvalue weighted by atomic mass is 9.87. The van der Waals surface area contributed by atoms with Crippen molar-refractivity contribution in [2.45, 2.75) is 49.9 Å². The number of rotatable bonds is 4. The summed E-state index contributed by atoms with van der Waals surface area (Å²) in [6, 6.07) is 12.6. The maximum Gasteiger partial charge on any atom is 0.430 e. The van der Waals surface area contributed by atoms with E-state index in [1.807, 2.05) is 12.1 Å². The molecule has 0 radical (unpaired) electrons. The number of nitrogens with zero attached hydrogens (tertiary/aromatic N) is 2. The molecule has 2 aliphatic rings. The Morgan fingerprint density at radius 3 is 2.43 bits per heavy atom. The highest BCUT2D eigenvalue weighted by atomic mass is 35.5. The Morgan fingerprint density at radius 2 is 1.81 bits per heavy atom. The number of carbonyl (C=O) groups is 2. The van der Waals surface area contributed by atoms with Gasteiger partial charge in [0, 0.05) is 36.9 Å². The van der Waals surface area contributed by atoms with Crippen LogP contribution < -0.4 is 10.0 Å². The number of anilines is 1. The molecule has 2 atom stereocenters. The molecule has 2 aromatic rings. The summed E-state index contributed by atoms with van der Waals surface area (Å²) in [6.45, 7) is 0.362. The Labute approximate surface area is 218 Å². The third-order valence-corrected chi connectivity index (χ3v) is 7.92. The molecule has 0 N–H and O–H groups in total. The monoisotopic (exact) mass is 544 g/mol. The summed E-state index contributed by atoms with van der Waals surface area (Å²) in [4.78, 5) is 23.0. The highest BCUT2D eigenvalue weighted by Gasteiger charge is 2.58. The van der Waals surface area contributed by atoms with E-state index in [1.165, 1.54) is 30.2 Å². The van der Waals surface area contributed by atoms with Crippen molar-refractivity contribution < 1.29 is 41.5 Å². The molecule has 2 unspecified atom stereocenters. The molecule has 0 aliphatic carbocycles. The first-order valence-corrected chi connectivity index (χ1v) is 12.1. The number of likely N-dealkylation sites (N-methyl/N-ethyl adjacent to an activating group) is 1. The van der Waals surface area contributed by atoms with E-state index in [1.54, 1.807) is 31.3 Å². The maximum absolute atomic E-state index is 14.8. The minimum absolute atomic E-state index is 0.0373. The molecule has 2 bridgehead atoms. The number of carboxylic acids is 1. The number of carboxylic acid groups (broad SMARTS) is 1. The third kappa shape index (κ3) is 6.01. The van der Waals surface area contributed by atoms with Gasteiger partial charge in [-0.15, -0.1) is 0 Å². The van der Waals surface area contributed by atoms with E-state index in [9.17, 15) is 22.4 Å². The summed E-state index contributed by atoms with van der Waals surface area (Å²) >= 11 is 6.13. The Morgan fingerprint density at radius 1 is 1.16 bits per heavy atom. The fourth-order valence-electron chi connectivity index (χ4n) is 5.42. The summed E-state index contributed by atoms with van der Waals surface area (Å²) in [5, 5.41) is 9.34. The molecular formula is C26H29ClF4N2O4. The highest BCUT2D eigenvalue weighted by molar-refractivity contribution is 6.30. The zero-order valence-corrected chi connectivity index (χ0v) is 21.5. The van der Waals surface area contributed by atoms with Gasteiger partial charge in [-0.2, -0.15) is 13.2 Å². The van der Waals surface area contributed by atoms with Crippen LogP contribution in [0.2, 0.25) is 5.02 Å². The van der Waals surface area contributed by atoms with Crippen molar-refractivity contribution in [1.82, 2.24) is 0 Å². The number of ether oxygens (including phenoxy) is 1. The summed E-state index contributed by atoms with van der Waals surface area (Å²) in [6.07, 6.45) is -0.0260. The number of hydrogen-bond donors (Lipinski definition) is 0. The van der Waals surface area contributed by atoms with E-state index < -0.39 is 24.1 Å². The average Bonchev–Trinajstić information content (AvgIpc) is 2.96. The molecule has 202 valence electrons. The quantitative estimate of drug-likeness (QED) is 0.393. The maximum atomic E-state index is 14.8. The van der Waals surface area contributed by atoms with Crippen molar-refractivity contribution in [3.8, 4) is 11.1 Å². The molecule has 11 heteroatoms. The Bertz CT molecular complexity index is 1150. The molecule has 0 saturated carbocycles. The van der Waals surface area contributed by atoms with Crippen LogP contribution in [0.5, 0.6) is 0 Å². The minimum Gasteiger partial charge on any atom is -0.542 e. The van der Waals surface area contributed by atoms with E-state index in [0.717, 1.165) is 22.9 Å². The predicted molar refractivity (Wildman–Crippen MR) is 129 cm³/mol. The number of para-hydroxylation sites is 1. The van der Waals surface area contributed by atoms with Crippen LogP contribution >= 0.6 is 11.6 Å². The number of halogens is 5. The second-order valence-electron chi connectivity index (χ2n) is 9.89. The van der Waals surface area contributed by atoms with Crippen LogP contribution in [0, 0.1) is 5.82 Å². The Hall–Kier alpha value is -2.85. The molecule has 4 rings (SSSR count). The van der Waals surface area contributed by atoms with Crippen LogP contribution in [-0.2, 0) is 9.53 Å². The van der Waals surface area contributed by atoms with Gasteiger partial charge >= 0.3 is 12.3 Å². The van der Waals surface area contributed by atoms with E-state index in [4.69, 9.17) is 26.2 Å². The number of quaternary nitrogens is 1. The second-order valence-corrected chi connectivity index (χ2v) is 10.3. The van der Waals surface area contributed by atoms with E-state index >= 15 is 0 Å². The Balaban J connectivity index is 0.000000479. The summed E-state index contributed by atoms with van der Waals surface area (Å²) < 4.78 is 53.1. The Kier molecular flexibility index (Phi) is 8.44. The van der Waals surface area contributed by atoms with Crippen molar-refractivity contribution in [2.75, 3.05) is 32.6 Å². The molecular weight excluding hydrogens is 516 g/mol. The standard InChI is InChI=1S/C24H29ClFN2O2.C2HF3O2/c1-27(22-20(10-5-11-21(22)26)17-7-4-8-18(25)15-17)23(29)30-16-24-13-6-9-19(12-14-24)28(24,2)3;3-2(4,5)1(6)7/h4-5,7-8,10-11,15,19H,6,9,12-14,16H2,1-3H3;(H,6,7)/q+1;/p-1. The first-order valence-electron chi connectivity index (χ1n) is 11.8. The zero-order chi connectivity index (χ0) is 27.6. The topological polar surface area (TPSA) is 69.7 Å². The smallest absolute Gasteiger partial charge is 0.430 e. The van der Waals surface area contributed by atoms with Crippen LogP contribution in [0.1, 0.15) is 32.1 Å². The number of aliphatic carboxylic acids is 1. The lowest BCUT2D eigenvalue weighted by Crippen LogP contribution is -2.63. The number of amides is 1. The molecule has 2 fully saturated rings. The van der Waals surface area contributed by atoms with Gasteiger partial charge in [0.25, 0.3) is 0 Å². The number of fused-ring (bicyclic) bond motifs is 2. The van der Waals surface area contributed by atoms with Crippen molar-refractivity contribution in [3.05, 3.63) is 53.3 Å². The van der Waals surface area contributed by atoms with Gasteiger partial charge in [0.05, 0.1) is 25.8 Å². The first kappa shape index (κ1) is 28.7. The molecule has 2 aliphatic heterocycles. The first-order chi connectivity index (χ1) is 17.2. The van der Waals surface area contributed by atoms with Gasteiger partial charge in [-0.05, 0) is 36.6 Å². The largest absolute Gasteiger partial charge is 0.542 e. The van der Waals surface area contributed by atoms with Crippen molar-refractivity contribution in [1.29, 1.82) is 0 Å². The lowest BCUT2D eigenvalue weighted by Gasteiger charge is -2.49. The molecule has 37 heavy (non-hydrogen) atoms. The van der Waals surface area contributed by atoms with Crippen LogP contribution in [0.25, 0.3) is 11.1 Å². The van der Waals surface area contributed by atoms with E-state index in [-0.39, 0.29) is 11.2 Å². The third-order valence-electron chi connectivity index (χ3n) is 7.69. The number of benzene rings is 2. The van der Waals surface area contributed by atoms with E-state index in [2.05, 4.69) is 14.1 Å². The normalized spacial score (nSPS) is 22.0. The molecule has 2 saturated heterocycles. The fourth-order valence-corrected chi connectivity index (χ4v) is 5.61. The van der Waals surface area contributed by atoms with Gasteiger partial charge in [-0.25, -0.2) is 9.18 Å². The SMILES string of the molecule is CN(C(=O)OCC12CCCC(CC1)[N+]2(C)C)c1c(F)cccc1-c1cccc(Cl)c1.O=C([O-])C(F)(F)F. The zero-order valence-electron chi connectivity index (χ0n) is 20.8. The van der Waals surface area contributed by atoms with Gasteiger partial charge in [-0.1, -0.05) is 35.9 Å². The van der Waals surface area contributed by atoms with Gasteiger partial charge in [0.2, 0.25) is 0 Å². The predicted octanol–water partition coefficient (Wildman–Crippen LogP) is 5.18.